The van der Waals surface area contributed by atoms with Gasteiger partial charge in [0, 0.05) is 12.8 Å². The van der Waals surface area contributed by atoms with Crippen LogP contribution in [0.3, 0.4) is 0 Å². The molecule has 19 heavy (non-hydrogen) atoms. The van der Waals surface area contributed by atoms with Crippen LogP contribution >= 0.6 is 0 Å². The first kappa shape index (κ1) is 13.0. The van der Waals surface area contributed by atoms with Crippen LogP contribution in [0.2, 0.25) is 0 Å². The van der Waals surface area contributed by atoms with Gasteiger partial charge in [0.2, 0.25) is 0 Å². The Hall–Kier alpha value is -1.00. The lowest BCUT2D eigenvalue weighted by Crippen LogP contribution is -2.47. The number of aryl methyl sites for hydroxylation is 1. The summed E-state index contributed by atoms with van der Waals surface area (Å²) in [5, 5.41) is 3.46. The number of hydrogen-bond donors (Lipinski definition) is 1. The molecule has 1 N–H and O–H groups in total. The van der Waals surface area contributed by atoms with Gasteiger partial charge in [0.15, 0.2) is 0 Å². The maximum absolute atomic E-state index is 6.03. The Morgan fingerprint density at radius 3 is 2.95 bits per heavy atom. The van der Waals surface area contributed by atoms with Crippen molar-refractivity contribution in [3.63, 3.8) is 0 Å². The summed E-state index contributed by atoms with van der Waals surface area (Å²) in [6.07, 6.45) is 7.95. The molecule has 3 rings (SSSR count). The number of rotatable bonds is 3. The quantitative estimate of drug-likeness (QED) is 0.907. The average Bonchev–Trinajstić information content (AvgIpc) is 2.38. The van der Waals surface area contributed by atoms with Crippen molar-refractivity contribution in [3.05, 3.63) is 23.8 Å². The van der Waals surface area contributed by atoms with E-state index in [1.54, 1.807) is 0 Å². The maximum Gasteiger partial charge on any atom is 0.125 e. The summed E-state index contributed by atoms with van der Waals surface area (Å²) in [5.41, 5.74) is 1.32. The van der Waals surface area contributed by atoms with E-state index in [1.807, 2.05) is 26.2 Å². The van der Waals surface area contributed by atoms with Crippen LogP contribution in [-0.2, 0) is 4.74 Å². The average molecular weight is 261 g/mol. The fourth-order valence-electron chi connectivity index (χ4n) is 3.54. The lowest BCUT2D eigenvalue weighted by molar-refractivity contribution is -0.147. The molecule has 1 aliphatic heterocycles. The third-order valence-electron chi connectivity index (χ3n) is 4.69. The second-order valence-corrected chi connectivity index (χ2v) is 5.93. The number of hydrogen-bond acceptors (Lipinski definition) is 4. The van der Waals surface area contributed by atoms with E-state index >= 15 is 0 Å². The topological polar surface area (TPSA) is 47.0 Å². The van der Waals surface area contributed by atoms with E-state index in [2.05, 4.69) is 15.3 Å². The first-order chi connectivity index (χ1) is 9.22. The molecule has 1 aromatic heterocycles. The molecule has 2 unspecified atom stereocenters. The molecular formula is C15H23N3O. The predicted octanol–water partition coefficient (Wildman–Crippen LogP) is 2.39. The van der Waals surface area contributed by atoms with Crippen molar-refractivity contribution in [1.82, 2.24) is 15.3 Å². The van der Waals surface area contributed by atoms with E-state index in [0.717, 1.165) is 24.5 Å². The summed E-state index contributed by atoms with van der Waals surface area (Å²) in [4.78, 5) is 8.79. The molecule has 104 valence electrons. The largest absolute Gasteiger partial charge is 0.375 e. The van der Waals surface area contributed by atoms with E-state index in [9.17, 15) is 0 Å². The van der Waals surface area contributed by atoms with Crippen molar-refractivity contribution in [2.24, 2.45) is 5.92 Å². The molecule has 2 atom stereocenters. The van der Waals surface area contributed by atoms with Crippen LogP contribution < -0.4 is 5.32 Å². The molecule has 0 radical (unpaired) electrons. The SMILES string of the molecule is CNC(c1ccnc(C)n1)C1CCOC2(CCC2)C1. The molecule has 2 heterocycles. The van der Waals surface area contributed by atoms with Crippen molar-refractivity contribution in [2.75, 3.05) is 13.7 Å². The van der Waals surface area contributed by atoms with E-state index in [-0.39, 0.29) is 5.60 Å². The Bertz CT molecular complexity index is 445. The van der Waals surface area contributed by atoms with E-state index in [1.165, 1.54) is 25.7 Å². The summed E-state index contributed by atoms with van der Waals surface area (Å²) in [6, 6.07) is 2.36. The van der Waals surface area contributed by atoms with Gasteiger partial charge in [0.1, 0.15) is 5.82 Å². The van der Waals surface area contributed by atoms with E-state index in [4.69, 9.17) is 4.74 Å². The highest BCUT2D eigenvalue weighted by atomic mass is 16.5. The highest BCUT2D eigenvalue weighted by molar-refractivity contribution is 5.10. The van der Waals surface area contributed by atoms with Crippen LogP contribution in [0, 0.1) is 12.8 Å². The predicted molar refractivity (Wildman–Crippen MR) is 73.8 cm³/mol. The fraction of sp³-hybridized carbons (Fsp3) is 0.733. The van der Waals surface area contributed by atoms with Crippen molar-refractivity contribution in [1.29, 1.82) is 0 Å². The van der Waals surface area contributed by atoms with Gasteiger partial charge < -0.3 is 10.1 Å². The van der Waals surface area contributed by atoms with Gasteiger partial charge in [-0.15, -0.1) is 0 Å². The Balaban J connectivity index is 1.78. The minimum absolute atomic E-state index is 0.195. The van der Waals surface area contributed by atoms with Crippen LogP contribution in [0.15, 0.2) is 12.3 Å². The molecule has 1 spiro atoms. The van der Waals surface area contributed by atoms with Crippen molar-refractivity contribution in [2.45, 2.75) is 50.7 Å². The van der Waals surface area contributed by atoms with Gasteiger partial charge in [-0.3, -0.25) is 0 Å². The molecule has 1 saturated heterocycles. The van der Waals surface area contributed by atoms with Gasteiger partial charge in [-0.05, 0) is 58.1 Å². The second kappa shape index (κ2) is 5.17. The van der Waals surface area contributed by atoms with Crippen molar-refractivity contribution >= 4 is 0 Å². The molecule has 2 fully saturated rings. The van der Waals surface area contributed by atoms with Crippen LogP contribution in [0.5, 0.6) is 0 Å². The molecule has 0 bridgehead atoms. The molecule has 0 amide bonds. The number of ether oxygens (including phenoxy) is 1. The van der Waals surface area contributed by atoms with Gasteiger partial charge in [0.05, 0.1) is 17.3 Å². The summed E-state index contributed by atoms with van der Waals surface area (Å²) in [6.45, 7) is 2.85. The Labute approximate surface area is 115 Å². The lowest BCUT2D eigenvalue weighted by Gasteiger charge is -2.48. The highest BCUT2D eigenvalue weighted by Gasteiger charge is 2.44. The zero-order chi connectivity index (χ0) is 13.3. The summed E-state index contributed by atoms with van der Waals surface area (Å²) >= 11 is 0. The molecule has 4 nitrogen and oxygen atoms in total. The van der Waals surface area contributed by atoms with Crippen LogP contribution in [0.25, 0.3) is 0 Å². The highest BCUT2D eigenvalue weighted by Crippen LogP contribution is 2.46. The van der Waals surface area contributed by atoms with Crippen LogP contribution in [0.4, 0.5) is 0 Å². The molecule has 1 aromatic rings. The zero-order valence-corrected chi connectivity index (χ0v) is 11.9. The van der Waals surface area contributed by atoms with Crippen LogP contribution in [0.1, 0.15) is 49.7 Å². The van der Waals surface area contributed by atoms with Crippen LogP contribution in [-0.4, -0.2) is 29.2 Å². The molecule has 2 aliphatic rings. The number of aromatic nitrogens is 2. The normalized spacial score (nSPS) is 26.9. The van der Waals surface area contributed by atoms with Crippen molar-refractivity contribution < 1.29 is 4.74 Å². The summed E-state index contributed by atoms with van der Waals surface area (Å²) in [7, 11) is 2.03. The van der Waals surface area contributed by atoms with E-state index < -0.39 is 0 Å². The third-order valence-corrected chi connectivity index (χ3v) is 4.69. The second-order valence-electron chi connectivity index (χ2n) is 5.93. The maximum atomic E-state index is 6.03. The summed E-state index contributed by atoms with van der Waals surface area (Å²) < 4.78 is 6.03. The van der Waals surface area contributed by atoms with Gasteiger partial charge >= 0.3 is 0 Å². The molecular weight excluding hydrogens is 238 g/mol. The Kier molecular flexibility index (Phi) is 3.54. The zero-order valence-electron chi connectivity index (χ0n) is 11.9. The first-order valence-electron chi connectivity index (χ1n) is 7.33. The lowest BCUT2D eigenvalue weighted by atomic mass is 9.70. The Morgan fingerprint density at radius 2 is 2.32 bits per heavy atom. The molecule has 0 aromatic carbocycles. The Morgan fingerprint density at radius 1 is 1.47 bits per heavy atom. The smallest absolute Gasteiger partial charge is 0.125 e. The van der Waals surface area contributed by atoms with Gasteiger partial charge in [-0.2, -0.15) is 0 Å². The number of nitrogens with zero attached hydrogens (tertiary/aromatic N) is 2. The van der Waals surface area contributed by atoms with Gasteiger partial charge in [0.25, 0.3) is 0 Å². The molecule has 1 saturated carbocycles. The molecule has 4 heteroatoms. The third kappa shape index (κ3) is 2.51. The van der Waals surface area contributed by atoms with Gasteiger partial charge in [-0.1, -0.05) is 0 Å². The first-order valence-corrected chi connectivity index (χ1v) is 7.33. The standard InChI is InChI=1S/C15H23N3O/c1-11-17-8-4-13(18-11)14(16-2)12-5-9-19-15(10-12)6-3-7-15/h4,8,12,14,16H,3,5-7,9-10H2,1-2H3. The fourth-order valence-corrected chi connectivity index (χ4v) is 3.54. The molecule has 1 aliphatic carbocycles. The summed E-state index contributed by atoms with van der Waals surface area (Å²) in [5.74, 6) is 1.47. The monoisotopic (exact) mass is 261 g/mol. The van der Waals surface area contributed by atoms with E-state index in [0.29, 0.717) is 12.0 Å². The minimum Gasteiger partial charge on any atom is -0.375 e. The van der Waals surface area contributed by atoms with Gasteiger partial charge in [-0.25, -0.2) is 9.97 Å². The van der Waals surface area contributed by atoms with Crippen molar-refractivity contribution in [3.8, 4) is 0 Å². The number of nitrogens with one attached hydrogen (secondary N) is 1. The minimum atomic E-state index is 0.195.